The molecule has 94 valence electrons. The van der Waals surface area contributed by atoms with Crippen LogP contribution in [0, 0.1) is 0 Å². The van der Waals surface area contributed by atoms with Gasteiger partial charge in [-0.1, -0.05) is 25.0 Å². The number of aromatic hydroxyl groups is 1. The lowest BCUT2D eigenvalue weighted by Crippen LogP contribution is -2.40. The average Bonchev–Trinajstić information content (AvgIpc) is 2.29. The first kappa shape index (κ1) is 12.7. The van der Waals surface area contributed by atoms with Crippen molar-refractivity contribution in [2.45, 2.75) is 43.6 Å². The molecular formula is C14H20ClNO. The summed E-state index contributed by atoms with van der Waals surface area (Å²) >= 11 is 6.38. The van der Waals surface area contributed by atoms with Gasteiger partial charge in [0.2, 0.25) is 0 Å². The smallest absolute Gasteiger partial charge is 0.115 e. The van der Waals surface area contributed by atoms with Crippen molar-refractivity contribution in [1.82, 2.24) is 4.90 Å². The van der Waals surface area contributed by atoms with Crippen LogP contribution in [0.15, 0.2) is 24.3 Å². The highest BCUT2D eigenvalue weighted by molar-refractivity contribution is 6.21. The number of rotatable bonds is 3. The summed E-state index contributed by atoms with van der Waals surface area (Å²) in [5, 5.41) is 9.71. The standard InChI is InChI=1S/C14H20ClNO/c1-16(14-8-3-2-7-13(14)15)10-11-5-4-6-12(17)9-11/h4-6,9,13-14,17H,2-3,7-8,10H2,1H3. The molecule has 2 rings (SSSR count). The van der Waals surface area contributed by atoms with Crippen molar-refractivity contribution in [3.63, 3.8) is 0 Å². The molecule has 0 spiro atoms. The van der Waals surface area contributed by atoms with Gasteiger partial charge in [-0.3, -0.25) is 4.90 Å². The largest absolute Gasteiger partial charge is 0.508 e. The molecule has 3 heteroatoms. The third-order valence-electron chi connectivity index (χ3n) is 3.56. The van der Waals surface area contributed by atoms with E-state index in [9.17, 15) is 5.11 Å². The molecule has 0 saturated heterocycles. The molecule has 2 nitrogen and oxygen atoms in total. The van der Waals surface area contributed by atoms with Crippen LogP contribution < -0.4 is 0 Å². The highest BCUT2D eigenvalue weighted by atomic mass is 35.5. The molecule has 1 aliphatic carbocycles. The normalized spacial score (nSPS) is 25.1. The van der Waals surface area contributed by atoms with Crippen molar-refractivity contribution in [2.24, 2.45) is 0 Å². The van der Waals surface area contributed by atoms with Crippen LogP contribution in [-0.2, 0) is 6.54 Å². The van der Waals surface area contributed by atoms with Gasteiger partial charge in [0.25, 0.3) is 0 Å². The minimum Gasteiger partial charge on any atom is -0.508 e. The molecule has 0 amide bonds. The van der Waals surface area contributed by atoms with Crippen LogP contribution in [0.1, 0.15) is 31.2 Å². The summed E-state index contributed by atoms with van der Waals surface area (Å²) in [6, 6.07) is 7.92. The predicted molar refractivity (Wildman–Crippen MR) is 71.5 cm³/mol. The second-order valence-corrected chi connectivity index (χ2v) is 5.51. The lowest BCUT2D eigenvalue weighted by Gasteiger charge is -2.35. The van der Waals surface area contributed by atoms with Crippen molar-refractivity contribution in [3.05, 3.63) is 29.8 Å². The Labute approximate surface area is 108 Å². The predicted octanol–water partition coefficient (Wildman–Crippen LogP) is 3.37. The Balaban J connectivity index is 1.98. The summed E-state index contributed by atoms with van der Waals surface area (Å²) in [6.07, 6.45) is 4.84. The van der Waals surface area contributed by atoms with Crippen molar-refractivity contribution >= 4 is 11.6 Å². The number of phenols is 1. The zero-order chi connectivity index (χ0) is 12.3. The van der Waals surface area contributed by atoms with Crippen LogP contribution >= 0.6 is 11.6 Å². The molecule has 17 heavy (non-hydrogen) atoms. The van der Waals surface area contributed by atoms with E-state index in [0.717, 1.165) is 18.5 Å². The minimum atomic E-state index is 0.269. The fourth-order valence-corrected chi connectivity index (χ4v) is 3.10. The molecule has 0 bridgehead atoms. The van der Waals surface area contributed by atoms with Crippen LogP contribution in [0.5, 0.6) is 5.75 Å². The van der Waals surface area contributed by atoms with Crippen LogP contribution in [0.25, 0.3) is 0 Å². The quantitative estimate of drug-likeness (QED) is 0.835. The Hall–Kier alpha value is -0.730. The highest BCUT2D eigenvalue weighted by Gasteiger charge is 2.26. The summed E-state index contributed by atoms with van der Waals surface area (Å²) in [4.78, 5) is 2.31. The van der Waals surface area contributed by atoms with Gasteiger partial charge in [0.05, 0.1) is 0 Å². The van der Waals surface area contributed by atoms with Gasteiger partial charge >= 0.3 is 0 Å². The second kappa shape index (κ2) is 5.74. The number of hydrogen-bond acceptors (Lipinski definition) is 2. The number of phenolic OH excluding ortho intramolecular Hbond substituents is 1. The third-order valence-corrected chi connectivity index (χ3v) is 4.07. The molecule has 1 aliphatic rings. The fourth-order valence-electron chi connectivity index (χ4n) is 2.62. The maximum atomic E-state index is 9.44. The van der Waals surface area contributed by atoms with E-state index in [1.807, 2.05) is 18.2 Å². The topological polar surface area (TPSA) is 23.5 Å². The van der Waals surface area contributed by atoms with Gasteiger partial charge in [0.15, 0.2) is 0 Å². The van der Waals surface area contributed by atoms with Crippen molar-refractivity contribution < 1.29 is 5.11 Å². The van der Waals surface area contributed by atoms with E-state index in [2.05, 4.69) is 11.9 Å². The van der Waals surface area contributed by atoms with E-state index < -0.39 is 0 Å². The van der Waals surface area contributed by atoms with Crippen LogP contribution in [0.4, 0.5) is 0 Å². The number of alkyl halides is 1. The molecule has 1 fully saturated rings. The lowest BCUT2D eigenvalue weighted by molar-refractivity contribution is 0.188. The van der Waals surface area contributed by atoms with Gasteiger partial charge < -0.3 is 5.11 Å². The van der Waals surface area contributed by atoms with E-state index in [4.69, 9.17) is 11.6 Å². The zero-order valence-corrected chi connectivity index (χ0v) is 11.0. The summed E-state index contributed by atoms with van der Waals surface area (Å²) in [7, 11) is 2.12. The first-order valence-electron chi connectivity index (χ1n) is 6.29. The van der Waals surface area contributed by atoms with Gasteiger partial charge in [0.1, 0.15) is 5.75 Å². The van der Waals surface area contributed by atoms with Gasteiger partial charge in [-0.05, 0) is 37.6 Å². The van der Waals surface area contributed by atoms with Gasteiger partial charge in [-0.25, -0.2) is 0 Å². The van der Waals surface area contributed by atoms with Crippen LogP contribution in [0.3, 0.4) is 0 Å². The van der Waals surface area contributed by atoms with Gasteiger partial charge in [-0.2, -0.15) is 0 Å². The Morgan fingerprint density at radius 3 is 2.82 bits per heavy atom. The minimum absolute atomic E-state index is 0.269. The Kier molecular flexibility index (Phi) is 4.30. The SMILES string of the molecule is CN(Cc1cccc(O)c1)C1CCCCC1Cl. The first-order chi connectivity index (χ1) is 8.16. The molecule has 2 unspecified atom stereocenters. The molecule has 0 heterocycles. The van der Waals surface area contributed by atoms with Gasteiger partial charge in [0, 0.05) is 18.0 Å². The van der Waals surface area contributed by atoms with E-state index in [1.54, 1.807) is 6.07 Å². The second-order valence-electron chi connectivity index (χ2n) is 4.95. The molecule has 0 aliphatic heterocycles. The van der Waals surface area contributed by atoms with E-state index in [-0.39, 0.29) is 5.38 Å². The Bertz CT molecular complexity index is 369. The Morgan fingerprint density at radius 2 is 2.12 bits per heavy atom. The van der Waals surface area contributed by atoms with Crippen molar-refractivity contribution in [1.29, 1.82) is 0 Å². The van der Waals surface area contributed by atoms with E-state index >= 15 is 0 Å². The molecule has 2 atom stereocenters. The Morgan fingerprint density at radius 1 is 1.35 bits per heavy atom. The summed E-state index contributed by atoms with van der Waals surface area (Å²) in [5.74, 6) is 0.335. The number of halogens is 1. The molecule has 1 aromatic carbocycles. The number of hydrogen-bond donors (Lipinski definition) is 1. The summed E-state index contributed by atoms with van der Waals surface area (Å²) < 4.78 is 0. The molecule has 1 aromatic rings. The summed E-state index contributed by atoms with van der Waals surface area (Å²) in [5.41, 5.74) is 1.14. The number of nitrogens with zero attached hydrogens (tertiary/aromatic N) is 1. The summed E-state index contributed by atoms with van der Waals surface area (Å²) in [6.45, 7) is 0.849. The van der Waals surface area contributed by atoms with Crippen molar-refractivity contribution in [2.75, 3.05) is 7.05 Å². The monoisotopic (exact) mass is 253 g/mol. The molecule has 1 N–H and O–H groups in total. The van der Waals surface area contributed by atoms with Crippen LogP contribution in [0.2, 0.25) is 0 Å². The molecule has 0 aromatic heterocycles. The van der Waals surface area contributed by atoms with Crippen LogP contribution in [-0.4, -0.2) is 28.5 Å². The highest BCUT2D eigenvalue weighted by Crippen LogP contribution is 2.27. The average molecular weight is 254 g/mol. The first-order valence-corrected chi connectivity index (χ1v) is 6.72. The molecular weight excluding hydrogens is 234 g/mol. The third kappa shape index (κ3) is 3.36. The zero-order valence-electron chi connectivity index (χ0n) is 10.3. The maximum absolute atomic E-state index is 9.44. The van der Waals surface area contributed by atoms with Gasteiger partial charge in [-0.15, -0.1) is 11.6 Å². The fraction of sp³-hybridized carbons (Fsp3) is 0.571. The van der Waals surface area contributed by atoms with E-state index in [1.165, 1.54) is 19.3 Å². The maximum Gasteiger partial charge on any atom is 0.115 e. The lowest BCUT2D eigenvalue weighted by atomic mass is 9.93. The van der Waals surface area contributed by atoms with E-state index in [0.29, 0.717) is 11.8 Å². The van der Waals surface area contributed by atoms with Crippen molar-refractivity contribution in [3.8, 4) is 5.75 Å². The molecule has 1 saturated carbocycles. The molecule has 0 radical (unpaired) electrons. The number of benzene rings is 1.